The number of carboxylic acid groups (broad SMARTS) is 1. The van der Waals surface area contributed by atoms with Crippen molar-refractivity contribution in [2.75, 3.05) is 13.1 Å². The van der Waals surface area contributed by atoms with Crippen molar-refractivity contribution in [2.24, 2.45) is 5.92 Å². The first-order valence-electron chi connectivity index (χ1n) is 6.31. The van der Waals surface area contributed by atoms with E-state index in [9.17, 15) is 9.90 Å². The molecule has 2 heterocycles. The molecule has 2 fully saturated rings. The fourth-order valence-corrected chi connectivity index (χ4v) is 3.46. The second kappa shape index (κ2) is 4.02. The minimum absolute atomic E-state index is 0.124. The monoisotopic (exact) mass is 246 g/mol. The molecule has 95 valence electrons. The van der Waals surface area contributed by atoms with E-state index in [1.54, 1.807) is 6.92 Å². The topological polar surface area (TPSA) is 75.1 Å². The molecule has 5 heteroatoms. The van der Waals surface area contributed by atoms with Gasteiger partial charge in [-0.25, -0.2) is 14.8 Å². The Morgan fingerprint density at radius 2 is 2.39 bits per heavy atom. The van der Waals surface area contributed by atoms with Gasteiger partial charge in [-0.3, -0.25) is 0 Å². The summed E-state index contributed by atoms with van der Waals surface area (Å²) in [6, 6.07) is 0. The summed E-state index contributed by atoms with van der Waals surface area (Å²) < 4.78 is 0. The number of nitrogens with zero attached hydrogens (tertiary/aromatic N) is 2. The van der Waals surface area contributed by atoms with E-state index in [0.717, 1.165) is 32.4 Å². The Balaban J connectivity index is 2.12. The first kappa shape index (κ1) is 11.6. The van der Waals surface area contributed by atoms with Crippen LogP contribution in [-0.4, -0.2) is 34.1 Å². The Bertz CT molecular complexity index is 499. The summed E-state index contributed by atoms with van der Waals surface area (Å²) in [5, 5.41) is 12.8. The maximum atomic E-state index is 11.4. The Morgan fingerprint density at radius 3 is 3.17 bits per heavy atom. The highest BCUT2D eigenvalue weighted by Gasteiger charge is 2.46. The number of aromatic carboxylic acids is 1. The largest absolute Gasteiger partial charge is 0.478 e. The SMILES string of the molecule is Cc1n[c]nc(C23CCC(CNC2)C3)c1C(=O)O. The van der Waals surface area contributed by atoms with Crippen LogP contribution in [0, 0.1) is 19.2 Å². The lowest BCUT2D eigenvalue weighted by atomic mass is 9.77. The molecular weight excluding hydrogens is 230 g/mol. The molecule has 2 bridgehead atoms. The van der Waals surface area contributed by atoms with E-state index in [0.29, 0.717) is 17.3 Å². The first-order valence-corrected chi connectivity index (χ1v) is 6.31. The Morgan fingerprint density at radius 1 is 1.56 bits per heavy atom. The van der Waals surface area contributed by atoms with Gasteiger partial charge in [-0.15, -0.1) is 0 Å². The zero-order chi connectivity index (χ0) is 12.8. The summed E-state index contributed by atoms with van der Waals surface area (Å²) in [4.78, 5) is 19.5. The normalized spacial score (nSPS) is 30.4. The van der Waals surface area contributed by atoms with E-state index in [2.05, 4.69) is 21.6 Å². The molecule has 0 aromatic carbocycles. The molecule has 0 spiro atoms. The molecule has 1 saturated carbocycles. The van der Waals surface area contributed by atoms with E-state index in [1.807, 2.05) is 0 Å². The lowest BCUT2D eigenvalue weighted by molar-refractivity contribution is 0.0690. The van der Waals surface area contributed by atoms with E-state index >= 15 is 0 Å². The minimum Gasteiger partial charge on any atom is -0.478 e. The third kappa shape index (κ3) is 1.61. The number of fused-ring (bicyclic) bond motifs is 2. The summed E-state index contributed by atoms with van der Waals surface area (Å²) in [5.74, 6) is -0.282. The van der Waals surface area contributed by atoms with Gasteiger partial charge >= 0.3 is 5.97 Å². The van der Waals surface area contributed by atoms with Crippen molar-refractivity contribution >= 4 is 5.97 Å². The van der Waals surface area contributed by atoms with Gasteiger partial charge in [0.25, 0.3) is 0 Å². The smallest absolute Gasteiger partial charge is 0.339 e. The second-order valence-corrected chi connectivity index (χ2v) is 5.46. The molecule has 1 aromatic rings. The van der Waals surface area contributed by atoms with Gasteiger partial charge in [0.15, 0.2) is 6.33 Å². The van der Waals surface area contributed by atoms with Crippen LogP contribution in [0.5, 0.6) is 0 Å². The molecule has 2 N–H and O–H groups in total. The van der Waals surface area contributed by atoms with Gasteiger partial charge < -0.3 is 10.4 Å². The van der Waals surface area contributed by atoms with E-state index < -0.39 is 5.97 Å². The average molecular weight is 246 g/mol. The molecule has 1 saturated heterocycles. The molecule has 1 aliphatic carbocycles. The first-order chi connectivity index (χ1) is 8.62. The summed E-state index contributed by atoms with van der Waals surface area (Å²) in [5.41, 5.74) is 1.34. The number of hydrogen-bond donors (Lipinski definition) is 2. The molecule has 1 aliphatic heterocycles. The van der Waals surface area contributed by atoms with Crippen molar-refractivity contribution in [3.63, 3.8) is 0 Å². The van der Waals surface area contributed by atoms with Crippen molar-refractivity contribution in [1.29, 1.82) is 0 Å². The number of piperidine rings is 1. The van der Waals surface area contributed by atoms with Crippen LogP contribution in [0.1, 0.15) is 41.0 Å². The van der Waals surface area contributed by atoms with Gasteiger partial charge in [0, 0.05) is 12.0 Å². The van der Waals surface area contributed by atoms with Gasteiger partial charge in [-0.1, -0.05) is 0 Å². The van der Waals surface area contributed by atoms with Crippen LogP contribution in [0.25, 0.3) is 0 Å². The van der Waals surface area contributed by atoms with Crippen LogP contribution in [0.4, 0.5) is 0 Å². The van der Waals surface area contributed by atoms with Crippen LogP contribution in [0.3, 0.4) is 0 Å². The van der Waals surface area contributed by atoms with Crippen LogP contribution >= 0.6 is 0 Å². The summed E-state index contributed by atoms with van der Waals surface area (Å²) in [6.07, 6.45) is 5.80. The van der Waals surface area contributed by atoms with E-state index in [4.69, 9.17) is 0 Å². The summed E-state index contributed by atoms with van der Waals surface area (Å²) in [7, 11) is 0. The number of aromatic nitrogens is 2. The quantitative estimate of drug-likeness (QED) is 0.811. The highest BCUT2D eigenvalue weighted by molar-refractivity contribution is 5.90. The minimum atomic E-state index is -0.931. The third-order valence-corrected chi connectivity index (χ3v) is 4.30. The number of aryl methyl sites for hydroxylation is 1. The number of carbonyl (C=O) groups is 1. The standard InChI is InChI=1S/C13H16N3O2/c1-8-10(12(17)18)11(16-7-15-8)13-3-2-9(4-13)5-14-6-13/h9,14H,2-6H2,1H3,(H,17,18). The van der Waals surface area contributed by atoms with Crippen molar-refractivity contribution in [3.05, 3.63) is 23.3 Å². The molecule has 0 amide bonds. The lowest BCUT2D eigenvalue weighted by Crippen LogP contribution is -2.43. The van der Waals surface area contributed by atoms with Crippen LogP contribution in [-0.2, 0) is 5.41 Å². The predicted molar refractivity (Wildman–Crippen MR) is 64.5 cm³/mol. The molecule has 3 rings (SSSR count). The molecule has 1 aromatic heterocycles. The highest BCUT2D eigenvalue weighted by atomic mass is 16.4. The predicted octanol–water partition coefficient (Wildman–Crippen LogP) is 0.925. The van der Waals surface area contributed by atoms with Crippen molar-refractivity contribution in [1.82, 2.24) is 15.3 Å². The zero-order valence-electron chi connectivity index (χ0n) is 10.4. The van der Waals surface area contributed by atoms with Gasteiger partial charge in [0.05, 0.1) is 11.4 Å². The Labute approximate surface area is 106 Å². The van der Waals surface area contributed by atoms with Crippen molar-refractivity contribution in [2.45, 2.75) is 31.6 Å². The van der Waals surface area contributed by atoms with E-state index in [-0.39, 0.29) is 11.0 Å². The summed E-state index contributed by atoms with van der Waals surface area (Å²) in [6.45, 7) is 3.57. The van der Waals surface area contributed by atoms with Gasteiger partial charge in [0.2, 0.25) is 0 Å². The van der Waals surface area contributed by atoms with Gasteiger partial charge in [-0.2, -0.15) is 0 Å². The Hall–Kier alpha value is -1.49. The molecule has 2 unspecified atom stereocenters. The average Bonchev–Trinajstić information content (AvgIpc) is 2.65. The van der Waals surface area contributed by atoms with Crippen LogP contribution in [0.2, 0.25) is 0 Å². The zero-order valence-corrected chi connectivity index (χ0v) is 10.4. The van der Waals surface area contributed by atoms with Crippen molar-refractivity contribution in [3.8, 4) is 0 Å². The number of hydrogen-bond acceptors (Lipinski definition) is 4. The molecule has 1 radical (unpaired) electrons. The molecular formula is C13H16N3O2. The second-order valence-electron chi connectivity index (χ2n) is 5.46. The molecule has 2 aliphatic rings. The third-order valence-electron chi connectivity index (χ3n) is 4.30. The van der Waals surface area contributed by atoms with Crippen molar-refractivity contribution < 1.29 is 9.90 Å². The number of nitrogens with one attached hydrogen (secondary N) is 1. The fourth-order valence-electron chi connectivity index (χ4n) is 3.46. The van der Waals surface area contributed by atoms with Crippen LogP contribution < -0.4 is 5.32 Å². The fraction of sp³-hybridized carbons (Fsp3) is 0.615. The Kier molecular flexibility index (Phi) is 2.59. The molecule has 5 nitrogen and oxygen atoms in total. The maximum Gasteiger partial charge on any atom is 0.339 e. The van der Waals surface area contributed by atoms with E-state index in [1.165, 1.54) is 0 Å². The van der Waals surface area contributed by atoms with Crippen LogP contribution in [0.15, 0.2) is 0 Å². The lowest BCUT2D eigenvalue weighted by Gasteiger charge is -2.34. The highest BCUT2D eigenvalue weighted by Crippen LogP contribution is 2.46. The molecule has 18 heavy (non-hydrogen) atoms. The summed E-state index contributed by atoms with van der Waals surface area (Å²) >= 11 is 0. The number of rotatable bonds is 2. The number of carboxylic acids is 1. The van der Waals surface area contributed by atoms with Gasteiger partial charge in [-0.05, 0) is 38.6 Å². The molecule has 2 atom stereocenters. The van der Waals surface area contributed by atoms with Gasteiger partial charge in [0.1, 0.15) is 5.56 Å². The maximum absolute atomic E-state index is 11.4.